The van der Waals surface area contributed by atoms with Crippen LogP contribution < -0.4 is 10.1 Å². The fourth-order valence-electron chi connectivity index (χ4n) is 2.56. The van der Waals surface area contributed by atoms with E-state index in [1.807, 2.05) is 0 Å². The van der Waals surface area contributed by atoms with Crippen LogP contribution in [-0.2, 0) is 15.0 Å². The molecule has 25 heavy (non-hydrogen) atoms. The number of phenolic OH excluding ortho intramolecular Hbond substituents is 1. The quantitative estimate of drug-likeness (QED) is 0.761. The fraction of sp³-hybridized carbons (Fsp3) is 0.562. The van der Waals surface area contributed by atoms with Gasteiger partial charge in [-0.1, -0.05) is 0 Å². The Bertz CT molecular complexity index is 682. The zero-order valence-corrected chi connectivity index (χ0v) is 15.5. The summed E-state index contributed by atoms with van der Waals surface area (Å²) >= 11 is 0. The van der Waals surface area contributed by atoms with Gasteiger partial charge in [-0.05, 0) is 44.0 Å². The lowest BCUT2D eigenvalue weighted by molar-refractivity contribution is -0.128. The summed E-state index contributed by atoms with van der Waals surface area (Å²) in [6.45, 7) is 2.39. The van der Waals surface area contributed by atoms with Gasteiger partial charge in [0.25, 0.3) is 16.1 Å². The van der Waals surface area contributed by atoms with Gasteiger partial charge in [-0.15, -0.1) is 0 Å². The van der Waals surface area contributed by atoms with Crippen molar-refractivity contribution >= 4 is 16.1 Å². The van der Waals surface area contributed by atoms with Crippen molar-refractivity contribution in [1.82, 2.24) is 13.9 Å². The van der Waals surface area contributed by atoms with Crippen LogP contribution in [-0.4, -0.2) is 67.4 Å². The number of amides is 1. The summed E-state index contributed by atoms with van der Waals surface area (Å²) in [5.74, 6) is 0.373. The number of aromatic hydroxyl groups is 1. The van der Waals surface area contributed by atoms with Crippen LogP contribution in [0.3, 0.4) is 0 Å². The lowest BCUT2D eigenvalue weighted by atomic mass is 10.1. The second-order valence-electron chi connectivity index (χ2n) is 6.23. The Labute approximate surface area is 148 Å². The van der Waals surface area contributed by atoms with Gasteiger partial charge in [0.2, 0.25) is 0 Å². The van der Waals surface area contributed by atoms with Crippen LogP contribution >= 0.6 is 0 Å². The summed E-state index contributed by atoms with van der Waals surface area (Å²) in [5.41, 5.74) is 0. The predicted octanol–water partition coefficient (Wildman–Crippen LogP) is 0.546. The Morgan fingerprint density at radius 2 is 1.84 bits per heavy atom. The Morgan fingerprint density at radius 1 is 1.28 bits per heavy atom. The molecule has 0 bridgehead atoms. The molecule has 9 heteroatoms. The molecule has 0 aromatic heterocycles. The average molecular weight is 371 g/mol. The molecule has 1 amide bonds. The topological polar surface area (TPSA) is 99.2 Å². The summed E-state index contributed by atoms with van der Waals surface area (Å²) in [6, 6.07) is 6.07. The lowest BCUT2D eigenvalue weighted by Gasteiger charge is -2.33. The molecule has 1 aliphatic rings. The highest BCUT2D eigenvalue weighted by Gasteiger charge is 2.30. The third kappa shape index (κ3) is 5.07. The fourth-order valence-corrected chi connectivity index (χ4v) is 3.70. The van der Waals surface area contributed by atoms with Crippen molar-refractivity contribution in [1.29, 1.82) is 0 Å². The monoisotopic (exact) mass is 371 g/mol. The number of piperidine rings is 1. The maximum atomic E-state index is 12.2. The molecule has 0 aliphatic carbocycles. The number of carbonyl (C=O) groups is 1. The number of hydrogen-bond acceptors (Lipinski definition) is 5. The molecule has 1 fully saturated rings. The maximum absolute atomic E-state index is 12.2. The molecule has 1 aromatic rings. The largest absolute Gasteiger partial charge is 0.508 e. The average Bonchev–Trinajstić information content (AvgIpc) is 2.57. The number of ether oxygens (including phenoxy) is 1. The Morgan fingerprint density at radius 3 is 2.36 bits per heavy atom. The first-order valence-corrected chi connectivity index (χ1v) is 9.53. The first kappa shape index (κ1) is 19.5. The van der Waals surface area contributed by atoms with Crippen molar-refractivity contribution in [2.45, 2.75) is 31.9 Å². The second kappa shape index (κ2) is 8.03. The molecule has 1 saturated heterocycles. The zero-order chi connectivity index (χ0) is 18.6. The minimum absolute atomic E-state index is 0.0769. The Kier molecular flexibility index (Phi) is 6.26. The van der Waals surface area contributed by atoms with E-state index in [2.05, 4.69) is 5.32 Å². The molecule has 8 nitrogen and oxygen atoms in total. The van der Waals surface area contributed by atoms with Crippen molar-refractivity contribution in [3.8, 4) is 11.5 Å². The molecule has 1 aromatic carbocycles. The summed E-state index contributed by atoms with van der Waals surface area (Å²) in [4.78, 5) is 12.2. The van der Waals surface area contributed by atoms with E-state index >= 15 is 0 Å². The van der Waals surface area contributed by atoms with E-state index in [1.165, 1.54) is 34.8 Å². The molecule has 2 N–H and O–H groups in total. The van der Waals surface area contributed by atoms with Gasteiger partial charge in [-0.25, -0.2) is 0 Å². The molecule has 0 spiro atoms. The van der Waals surface area contributed by atoms with Crippen LogP contribution in [0.1, 0.15) is 19.8 Å². The van der Waals surface area contributed by atoms with Crippen molar-refractivity contribution < 1.29 is 23.1 Å². The predicted molar refractivity (Wildman–Crippen MR) is 93.5 cm³/mol. The molecule has 1 unspecified atom stereocenters. The third-order valence-electron chi connectivity index (χ3n) is 4.11. The Hall–Kier alpha value is -1.84. The third-order valence-corrected chi connectivity index (χ3v) is 6.05. The van der Waals surface area contributed by atoms with E-state index in [9.17, 15) is 18.3 Å². The minimum Gasteiger partial charge on any atom is -0.508 e. The van der Waals surface area contributed by atoms with Gasteiger partial charge < -0.3 is 15.2 Å². The van der Waals surface area contributed by atoms with Gasteiger partial charge in [0.05, 0.1) is 0 Å². The van der Waals surface area contributed by atoms with E-state index in [-0.39, 0.29) is 17.7 Å². The second-order valence-corrected chi connectivity index (χ2v) is 8.37. The van der Waals surface area contributed by atoms with E-state index in [1.54, 1.807) is 19.1 Å². The Balaban J connectivity index is 1.82. The van der Waals surface area contributed by atoms with Crippen LogP contribution in [0.25, 0.3) is 0 Å². The highest BCUT2D eigenvalue weighted by molar-refractivity contribution is 7.86. The highest BCUT2D eigenvalue weighted by atomic mass is 32.2. The van der Waals surface area contributed by atoms with Gasteiger partial charge >= 0.3 is 0 Å². The van der Waals surface area contributed by atoms with Crippen LogP contribution in [0.5, 0.6) is 11.5 Å². The smallest absolute Gasteiger partial charge is 0.281 e. The minimum atomic E-state index is -3.40. The number of nitrogens with one attached hydrogen (secondary N) is 1. The van der Waals surface area contributed by atoms with Gasteiger partial charge in [0.1, 0.15) is 11.5 Å². The molecule has 0 radical (unpaired) electrons. The lowest BCUT2D eigenvalue weighted by Crippen LogP contribution is -2.51. The van der Waals surface area contributed by atoms with E-state index < -0.39 is 16.3 Å². The molecular weight excluding hydrogens is 346 g/mol. The molecule has 140 valence electrons. The van der Waals surface area contributed by atoms with Crippen molar-refractivity contribution in [3.63, 3.8) is 0 Å². The standard InChI is InChI=1S/C16H25N3O5S/c1-12(24-15-6-4-14(20)5-7-15)16(21)17-13-8-10-19(11-9-13)25(22,23)18(2)3/h4-7,12-13,20H,8-11H2,1-3H3,(H,17,21). The van der Waals surface area contributed by atoms with Crippen molar-refractivity contribution in [2.75, 3.05) is 27.2 Å². The SMILES string of the molecule is CC(Oc1ccc(O)cc1)C(=O)NC1CCN(S(=O)(=O)N(C)C)CC1. The summed E-state index contributed by atoms with van der Waals surface area (Å²) in [6.07, 6.45) is 0.434. The van der Waals surface area contributed by atoms with E-state index in [0.717, 1.165) is 0 Å². The van der Waals surface area contributed by atoms with Crippen LogP contribution in [0.15, 0.2) is 24.3 Å². The number of rotatable bonds is 6. The zero-order valence-electron chi connectivity index (χ0n) is 14.7. The first-order chi connectivity index (χ1) is 11.7. The molecule has 1 heterocycles. The van der Waals surface area contributed by atoms with E-state index in [0.29, 0.717) is 31.7 Å². The molecule has 0 saturated carbocycles. The number of benzene rings is 1. The van der Waals surface area contributed by atoms with Gasteiger partial charge in [-0.3, -0.25) is 4.79 Å². The summed E-state index contributed by atoms with van der Waals surface area (Å²) in [7, 11) is -0.393. The van der Waals surface area contributed by atoms with Crippen molar-refractivity contribution in [3.05, 3.63) is 24.3 Å². The van der Waals surface area contributed by atoms with Crippen LogP contribution in [0.2, 0.25) is 0 Å². The molecule has 2 rings (SSSR count). The van der Waals surface area contributed by atoms with Crippen LogP contribution in [0.4, 0.5) is 0 Å². The molecular formula is C16H25N3O5S. The normalized spacial score (nSPS) is 18.1. The molecule has 1 aliphatic heterocycles. The number of phenols is 1. The van der Waals surface area contributed by atoms with Crippen molar-refractivity contribution in [2.24, 2.45) is 0 Å². The van der Waals surface area contributed by atoms with E-state index in [4.69, 9.17) is 4.74 Å². The maximum Gasteiger partial charge on any atom is 0.281 e. The number of hydrogen-bond donors (Lipinski definition) is 2. The summed E-state index contributed by atoms with van der Waals surface area (Å²) < 4.78 is 32.3. The number of nitrogens with zero attached hydrogens (tertiary/aromatic N) is 2. The van der Waals surface area contributed by atoms with Gasteiger partial charge in [0.15, 0.2) is 6.10 Å². The first-order valence-electron chi connectivity index (χ1n) is 8.14. The van der Waals surface area contributed by atoms with Crippen LogP contribution in [0, 0.1) is 0 Å². The number of carbonyl (C=O) groups excluding carboxylic acids is 1. The van der Waals surface area contributed by atoms with Gasteiger partial charge in [0, 0.05) is 33.2 Å². The van der Waals surface area contributed by atoms with Gasteiger partial charge in [-0.2, -0.15) is 17.0 Å². The summed E-state index contributed by atoms with van der Waals surface area (Å²) in [5, 5.41) is 12.1. The molecule has 1 atom stereocenters. The highest BCUT2D eigenvalue weighted by Crippen LogP contribution is 2.18.